The van der Waals surface area contributed by atoms with Crippen LogP contribution in [0, 0.1) is 0 Å². The zero-order valence-corrected chi connectivity index (χ0v) is 12.1. The Morgan fingerprint density at radius 2 is 0.737 bits per heavy atom. The van der Waals surface area contributed by atoms with Crippen molar-refractivity contribution in [3.63, 3.8) is 0 Å². The maximum atomic E-state index is 10.8. The lowest BCUT2D eigenvalue weighted by Gasteiger charge is -1.90. The van der Waals surface area contributed by atoms with Crippen LogP contribution in [0.25, 0.3) is 0 Å². The molecule has 0 rings (SSSR count). The third-order valence-electron chi connectivity index (χ3n) is 0. The summed E-state index contributed by atoms with van der Waals surface area (Å²) in [5.74, 6) is -2.69. The molecule has 0 fully saturated rings. The molecular formula is C5H4Cl5F9. The molecule has 0 aromatic rings. The highest BCUT2D eigenvalue weighted by molar-refractivity contribution is 6.45. The molecule has 19 heavy (non-hydrogen) atoms. The average Bonchev–Trinajstić information content (AvgIpc) is 1.66. The summed E-state index contributed by atoms with van der Waals surface area (Å²) < 4.78 is 93.2. The van der Waals surface area contributed by atoms with E-state index >= 15 is 0 Å². The average molecular weight is 412 g/mol. The molecule has 0 N–H and O–H groups in total. The van der Waals surface area contributed by atoms with E-state index in [2.05, 4.69) is 58.0 Å². The van der Waals surface area contributed by atoms with Gasteiger partial charge >= 0.3 is 21.7 Å². The van der Waals surface area contributed by atoms with Gasteiger partial charge < -0.3 is 0 Å². The largest absolute Gasteiger partial charge is 0.475 e. The Kier molecular flexibility index (Phi) is 18.5. The molecule has 122 valence electrons. The van der Waals surface area contributed by atoms with E-state index in [-0.39, 0.29) is 0 Å². The fourth-order valence-electron chi connectivity index (χ4n) is 0. The van der Waals surface area contributed by atoms with Crippen molar-refractivity contribution in [3.05, 3.63) is 0 Å². The van der Waals surface area contributed by atoms with Crippen LogP contribution in [0.15, 0.2) is 0 Å². The molecule has 0 heterocycles. The van der Waals surface area contributed by atoms with Gasteiger partial charge in [-0.05, 0) is 46.4 Å². The summed E-state index contributed by atoms with van der Waals surface area (Å²) in [4.78, 5) is -3.56. The molecule has 0 aliphatic heterocycles. The zero-order chi connectivity index (χ0) is 17.1. The van der Waals surface area contributed by atoms with Gasteiger partial charge in [-0.25, -0.2) is 0 Å². The first kappa shape index (κ1) is 28.0. The molecule has 0 unspecified atom stereocenters. The third-order valence-corrected chi connectivity index (χ3v) is 0. The Labute approximate surface area is 126 Å². The SMILES string of the molecule is CC(F)(F)Cl.FC(F)(Cl)Cl.FC(F)(F)Cl.FC(F)Cl. The Bertz CT molecular complexity index is 134. The first-order valence-electron chi connectivity index (χ1n) is 3.23. The van der Waals surface area contributed by atoms with Gasteiger partial charge in [0.2, 0.25) is 0 Å². The molecule has 0 aliphatic carbocycles. The van der Waals surface area contributed by atoms with Crippen molar-refractivity contribution < 1.29 is 39.5 Å². The van der Waals surface area contributed by atoms with Gasteiger partial charge in [0.25, 0.3) is 0 Å². The van der Waals surface area contributed by atoms with Gasteiger partial charge in [0.05, 0.1) is 0 Å². The van der Waals surface area contributed by atoms with E-state index in [1.54, 1.807) is 0 Å². The van der Waals surface area contributed by atoms with Crippen LogP contribution in [0.2, 0.25) is 0 Å². The molecule has 0 nitrogen and oxygen atoms in total. The Balaban J connectivity index is -0.0000000793. The molecule has 0 amide bonds. The second kappa shape index (κ2) is 12.6. The Morgan fingerprint density at radius 1 is 0.737 bits per heavy atom. The number of hydrogen-bond donors (Lipinski definition) is 0. The fraction of sp³-hybridized carbons (Fsp3) is 1.00. The molecular weight excluding hydrogens is 408 g/mol. The van der Waals surface area contributed by atoms with Crippen LogP contribution >= 0.6 is 58.0 Å². The summed E-state index contributed by atoms with van der Waals surface area (Å²) in [6.45, 7) is 0.620. The summed E-state index contributed by atoms with van der Waals surface area (Å²) in [5, 5.41) is -3.03. The number of halogens is 14. The van der Waals surface area contributed by atoms with Gasteiger partial charge in [0.1, 0.15) is 0 Å². The van der Waals surface area contributed by atoms with Crippen LogP contribution in [0.4, 0.5) is 39.5 Å². The van der Waals surface area contributed by atoms with E-state index in [4.69, 9.17) is 0 Å². The topological polar surface area (TPSA) is 0 Å². The van der Waals surface area contributed by atoms with Gasteiger partial charge in [-0.1, -0.05) is 11.6 Å². The van der Waals surface area contributed by atoms with Crippen LogP contribution in [0.5, 0.6) is 0 Å². The van der Waals surface area contributed by atoms with E-state index in [9.17, 15) is 39.5 Å². The molecule has 0 bridgehead atoms. The molecule has 0 atom stereocenters. The highest BCUT2D eigenvalue weighted by Gasteiger charge is 2.20. The standard InChI is InChI=1S/C2H3ClF2.CCl2F2.CClF3.CHClF2/c1-2(3,4)5;2*2-1(3,4)5;2-1(3)4/h1H3;;;1H. The lowest BCUT2D eigenvalue weighted by Crippen LogP contribution is -1.92. The molecule has 0 aromatic heterocycles. The van der Waals surface area contributed by atoms with E-state index in [1.807, 2.05) is 0 Å². The summed E-state index contributed by atoms with van der Waals surface area (Å²) >= 11 is 19.6. The van der Waals surface area contributed by atoms with Crippen molar-refractivity contribution in [2.24, 2.45) is 0 Å². The van der Waals surface area contributed by atoms with E-state index in [0.717, 1.165) is 0 Å². The Hall–Kier alpha value is 0.820. The van der Waals surface area contributed by atoms with Crippen LogP contribution in [-0.2, 0) is 0 Å². The third kappa shape index (κ3) is 7920. The molecule has 0 saturated heterocycles. The molecule has 0 aromatic carbocycles. The monoisotopic (exact) mass is 410 g/mol. The molecule has 0 aliphatic rings. The van der Waals surface area contributed by atoms with Gasteiger partial charge in [-0.2, -0.15) is 39.5 Å². The van der Waals surface area contributed by atoms with Crippen LogP contribution in [0.3, 0.4) is 0 Å². The fourth-order valence-corrected chi connectivity index (χ4v) is 0. The minimum atomic E-state index is -4.53. The van der Waals surface area contributed by atoms with Crippen molar-refractivity contribution in [2.45, 2.75) is 28.7 Å². The van der Waals surface area contributed by atoms with Crippen molar-refractivity contribution in [2.75, 3.05) is 0 Å². The van der Waals surface area contributed by atoms with Gasteiger partial charge in [-0.15, -0.1) is 0 Å². The first-order valence-corrected chi connectivity index (χ1v) is 5.18. The normalized spacial score (nSPS) is 11.4. The van der Waals surface area contributed by atoms with Crippen molar-refractivity contribution in [1.29, 1.82) is 0 Å². The summed E-state index contributed by atoms with van der Waals surface area (Å²) in [6.07, 6.45) is 0. The smallest absolute Gasteiger partial charge is 0.192 e. The van der Waals surface area contributed by atoms with E-state index in [1.165, 1.54) is 0 Å². The maximum absolute atomic E-state index is 10.8. The number of alkyl halides is 14. The number of rotatable bonds is 0. The predicted octanol–water partition coefficient (Wildman–Crippen LogP) is 7.05. The predicted molar refractivity (Wildman–Crippen MR) is 56.9 cm³/mol. The second-order valence-corrected chi connectivity index (χ2v) is 4.45. The van der Waals surface area contributed by atoms with Crippen molar-refractivity contribution in [3.8, 4) is 0 Å². The number of hydrogen-bond acceptors (Lipinski definition) is 0. The lowest BCUT2D eigenvalue weighted by molar-refractivity contribution is -0.0420. The van der Waals surface area contributed by atoms with Gasteiger partial charge in [0.15, 0.2) is 0 Å². The lowest BCUT2D eigenvalue weighted by atomic mass is 10.9. The summed E-state index contributed by atoms with van der Waals surface area (Å²) in [6, 6.07) is 0. The van der Waals surface area contributed by atoms with E-state index in [0.29, 0.717) is 6.92 Å². The van der Waals surface area contributed by atoms with Crippen LogP contribution in [-0.4, -0.2) is 21.7 Å². The quantitative estimate of drug-likeness (QED) is 0.296. The Morgan fingerprint density at radius 3 is 0.737 bits per heavy atom. The van der Waals surface area contributed by atoms with Gasteiger partial charge in [0, 0.05) is 6.92 Å². The summed E-state index contributed by atoms with van der Waals surface area (Å²) in [7, 11) is 0. The van der Waals surface area contributed by atoms with E-state index < -0.39 is 21.7 Å². The zero-order valence-electron chi connectivity index (χ0n) is 8.37. The molecule has 0 radical (unpaired) electrons. The molecule has 14 heteroatoms. The highest BCUT2D eigenvalue weighted by atomic mass is 35.5. The summed E-state index contributed by atoms with van der Waals surface area (Å²) in [5.41, 5.74) is -4.53. The molecule has 0 saturated carbocycles. The van der Waals surface area contributed by atoms with Crippen molar-refractivity contribution >= 4 is 58.0 Å². The first-order chi connectivity index (χ1) is 7.73. The second-order valence-electron chi connectivity index (χ2n) is 1.89. The van der Waals surface area contributed by atoms with Crippen LogP contribution in [0.1, 0.15) is 6.92 Å². The van der Waals surface area contributed by atoms with Crippen LogP contribution < -0.4 is 0 Å². The minimum Gasteiger partial charge on any atom is -0.192 e. The molecule has 0 spiro atoms. The van der Waals surface area contributed by atoms with Gasteiger partial charge in [-0.3, -0.25) is 0 Å². The highest BCUT2D eigenvalue weighted by Crippen LogP contribution is 2.22. The minimum absolute atomic E-state index is 0.620. The maximum Gasteiger partial charge on any atom is 0.475 e. The van der Waals surface area contributed by atoms with Crippen molar-refractivity contribution in [1.82, 2.24) is 0 Å².